The minimum atomic E-state index is 0. The standard InChI is InChI=1S/C13H17NO.ClH/c1-15-13-7-5-11(6-8-13)12-4-2-3-9-14-10-12;/h5-8,10,14H,2-4,9H2,1H3;1H. The van der Waals surface area contributed by atoms with E-state index in [9.17, 15) is 0 Å². The summed E-state index contributed by atoms with van der Waals surface area (Å²) in [6.07, 6.45) is 5.84. The molecule has 2 rings (SSSR count). The molecule has 0 atom stereocenters. The molecule has 1 aromatic rings. The third-order valence-electron chi connectivity index (χ3n) is 2.75. The van der Waals surface area contributed by atoms with E-state index in [0.29, 0.717) is 0 Å². The van der Waals surface area contributed by atoms with Crippen molar-refractivity contribution in [1.29, 1.82) is 0 Å². The molecule has 2 nitrogen and oxygen atoms in total. The molecule has 1 aliphatic rings. The summed E-state index contributed by atoms with van der Waals surface area (Å²) in [5, 5.41) is 3.33. The van der Waals surface area contributed by atoms with Crippen molar-refractivity contribution < 1.29 is 4.74 Å². The molecule has 0 amide bonds. The summed E-state index contributed by atoms with van der Waals surface area (Å²) in [7, 11) is 1.70. The van der Waals surface area contributed by atoms with Gasteiger partial charge in [0.1, 0.15) is 5.75 Å². The maximum Gasteiger partial charge on any atom is 0.118 e. The minimum absolute atomic E-state index is 0. The van der Waals surface area contributed by atoms with E-state index >= 15 is 0 Å². The van der Waals surface area contributed by atoms with Crippen LogP contribution in [0.25, 0.3) is 5.57 Å². The van der Waals surface area contributed by atoms with E-state index in [1.165, 1.54) is 30.4 Å². The van der Waals surface area contributed by atoms with Gasteiger partial charge in [0.15, 0.2) is 0 Å². The van der Waals surface area contributed by atoms with Crippen molar-refractivity contribution in [3.05, 3.63) is 36.0 Å². The van der Waals surface area contributed by atoms with Gasteiger partial charge in [0.25, 0.3) is 0 Å². The highest BCUT2D eigenvalue weighted by Gasteiger charge is 2.04. The first-order chi connectivity index (χ1) is 7.40. The number of halogens is 1. The van der Waals surface area contributed by atoms with Gasteiger partial charge in [0, 0.05) is 12.7 Å². The van der Waals surface area contributed by atoms with E-state index < -0.39 is 0 Å². The molecule has 1 heterocycles. The van der Waals surface area contributed by atoms with Crippen molar-refractivity contribution in [2.75, 3.05) is 13.7 Å². The molecule has 1 N–H and O–H groups in total. The van der Waals surface area contributed by atoms with Gasteiger partial charge in [-0.1, -0.05) is 12.1 Å². The lowest BCUT2D eigenvalue weighted by Crippen LogP contribution is -2.04. The summed E-state index contributed by atoms with van der Waals surface area (Å²) in [4.78, 5) is 0. The Morgan fingerprint density at radius 1 is 1.12 bits per heavy atom. The van der Waals surface area contributed by atoms with Crippen LogP contribution in [0.4, 0.5) is 0 Å². The summed E-state index contributed by atoms with van der Waals surface area (Å²) < 4.78 is 5.15. The fourth-order valence-electron chi connectivity index (χ4n) is 1.84. The second-order valence-electron chi connectivity index (χ2n) is 3.81. The molecule has 3 heteroatoms. The van der Waals surface area contributed by atoms with Crippen LogP contribution in [0.2, 0.25) is 0 Å². The van der Waals surface area contributed by atoms with E-state index in [-0.39, 0.29) is 12.4 Å². The Bertz CT molecular complexity index is 345. The largest absolute Gasteiger partial charge is 0.497 e. The molecule has 0 unspecified atom stereocenters. The van der Waals surface area contributed by atoms with E-state index in [1.807, 2.05) is 12.1 Å². The maximum atomic E-state index is 5.15. The smallest absolute Gasteiger partial charge is 0.118 e. The maximum absolute atomic E-state index is 5.15. The van der Waals surface area contributed by atoms with Gasteiger partial charge in [0.2, 0.25) is 0 Å². The first kappa shape index (κ1) is 12.9. The molecule has 0 bridgehead atoms. The average molecular weight is 240 g/mol. The summed E-state index contributed by atoms with van der Waals surface area (Å²) in [6, 6.07) is 8.28. The second-order valence-corrected chi connectivity index (χ2v) is 3.81. The molecule has 1 aliphatic heterocycles. The van der Waals surface area contributed by atoms with Gasteiger partial charge in [-0.15, -0.1) is 12.4 Å². The molecular formula is C13H18ClNO. The Morgan fingerprint density at radius 2 is 1.88 bits per heavy atom. The van der Waals surface area contributed by atoms with Crippen LogP contribution in [0.1, 0.15) is 24.8 Å². The molecule has 0 fully saturated rings. The second kappa shape index (κ2) is 6.44. The Hall–Kier alpha value is -1.15. The fourth-order valence-corrected chi connectivity index (χ4v) is 1.84. The zero-order valence-corrected chi connectivity index (χ0v) is 10.3. The van der Waals surface area contributed by atoms with Crippen LogP contribution in [0, 0.1) is 0 Å². The normalized spacial score (nSPS) is 15.2. The predicted molar refractivity (Wildman–Crippen MR) is 70.1 cm³/mol. The molecule has 1 aromatic carbocycles. The third-order valence-corrected chi connectivity index (χ3v) is 2.75. The molecule has 0 radical (unpaired) electrons. The van der Waals surface area contributed by atoms with E-state index in [1.54, 1.807) is 7.11 Å². The van der Waals surface area contributed by atoms with Crippen LogP contribution in [0.3, 0.4) is 0 Å². The monoisotopic (exact) mass is 239 g/mol. The van der Waals surface area contributed by atoms with Crippen molar-refractivity contribution in [3.63, 3.8) is 0 Å². The lowest BCUT2D eigenvalue weighted by molar-refractivity contribution is 0.415. The Morgan fingerprint density at radius 3 is 2.56 bits per heavy atom. The van der Waals surface area contributed by atoms with Crippen LogP contribution in [0.5, 0.6) is 5.75 Å². The lowest BCUT2D eigenvalue weighted by Gasteiger charge is -2.06. The molecule has 88 valence electrons. The molecule has 16 heavy (non-hydrogen) atoms. The molecule has 0 spiro atoms. The topological polar surface area (TPSA) is 21.3 Å². The SMILES string of the molecule is COc1ccc(C2=CNCCCC2)cc1.Cl. The number of allylic oxidation sites excluding steroid dienone is 1. The van der Waals surface area contributed by atoms with Crippen LogP contribution in [0.15, 0.2) is 30.5 Å². The number of hydrogen-bond donors (Lipinski definition) is 1. The zero-order valence-electron chi connectivity index (χ0n) is 9.53. The summed E-state index contributed by atoms with van der Waals surface area (Å²) in [6.45, 7) is 1.10. The van der Waals surface area contributed by atoms with Crippen molar-refractivity contribution in [2.45, 2.75) is 19.3 Å². The van der Waals surface area contributed by atoms with Crippen molar-refractivity contribution in [2.24, 2.45) is 0 Å². The number of rotatable bonds is 2. The van der Waals surface area contributed by atoms with Crippen LogP contribution in [-0.2, 0) is 0 Å². The van der Waals surface area contributed by atoms with Gasteiger partial charge < -0.3 is 10.1 Å². The van der Waals surface area contributed by atoms with Gasteiger partial charge in [-0.25, -0.2) is 0 Å². The highest BCUT2D eigenvalue weighted by Crippen LogP contribution is 2.23. The molecular weight excluding hydrogens is 222 g/mol. The molecule has 0 saturated carbocycles. The number of hydrogen-bond acceptors (Lipinski definition) is 2. The van der Waals surface area contributed by atoms with Crippen LogP contribution >= 0.6 is 12.4 Å². The van der Waals surface area contributed by atoms with Gasteiger partial charge in [-0.2, -0.15) is 0 Å². The highest BCUT2D eigenvalue weighted by atomic mass is 35.5. The van der Waals surface area contributed by atoms with Crippen LogP contribution < -0.4 is 10.1 Å². The van der Waals surface area contributed by atoms with E-state index in [2.05, 4.69) is 23.6 Å². The van der Waals surface area contributed by atoms with Crippen molar-refractivity contribution >= 4 is 18.0 Å². The molecule has 0 aromatic heterocycles. The average Bonchev–Trinajstić information content (AvgIpc) is 2.58. The van der Waals surface area contributed by atoms with E-state index in [4.69, 9.17) is 4.74 Å². The predicted octanol–water partition coefficient (Wildman–Crippen LogP) is 3.23. The molecule has 0 aliphatic carbocycles. The van der Waals surface area contributed by atoms with Crippen LogP contribution in [-0.4, -0.2) is 13.7 Å². The van der Waals surface area contributed by atoms with Crippen molar-refractivity contribution in [1.82, 2.24) is 5.32 Å². The summed E-state index contributed by atoms with van der Waals surface area (Å²) in [5.74, 6) is 0.918. The first-order valence-electron chi connectivity index (χ1n) is 5.47. The third kappa shape index (κ3) is 3.17. The number of nitrogens with one attached hydrogen (secondary N) is 1. The van der Waals surface area contributed by atoms with Gasteiger partial charge in [-0.3, -0.25) is 0 Å². The quantitative estimate of drug-likeness (QED) is 0.856. The highest BCUT2D eigenvalue weighted by molar-refractivity contribution is 5.85. The van der Waals surface area contributed by atoms with Crippen molar-refractivity contribution in [3.8, 4) is 5.75 Å². The Kier molecular flexibility index (Phi) is 5.20. The Labute approximate surface area is 103 Å². The van der Waals surface area contributed by atoms with Gasteiger partial charge in [-0.05, 0) is 42.5 Å². The lowest BCUT2D eigenvalue weighted by atomic mass is 10.0. The van der Waals surface area contributed by atoms with Gasteiger partial charge >= 0.3 is 0 Å². The number of ether oxygens (including phenoxy) is 1. The summed E-state index contributed by atoms with van der Waals surface area (Å²) >= 11 is 0. The Balaban J connectivity index is 0.00000128. The zero-order chi connectivity index (χ0) is 10.5. The van der Waals surface area contributed by atoms with E-state index in [0.717, 1.165) is 12.3 Å². The fraction of sp³-hybridized carbons (Fsp3) is 0.385. The number of methoxy groups -OCH3 is 1. The number of benzene rings is 1. The molecule has 0 saturated heterocycles. The van der Waals surface area contributed by atoms with Gasteiger partial charge in [0.05, 0.1) is 7.11 Å². The minimum Gasteiger partial charge on any atom is -0.497 e. The first-order valence-corrected chi connectivity index (χ1v) is 5.47. The summed E-state index contributed by atoms with van der Waals surface area (Å²) in [5.41, 5.74) is 2.69.